The molecule has 0 bridgehead atoms. The molecule has 13 heteroatoms. The topological polar surface area (TPSA) is 111 Å². The molecule has 0 atom stereocenters. The maximum Gasteiger partial charge on any atom is 0.453 e. The lowest BCUT2D eigenvalue weighted by Crippen LogP contribution is -2.10. The van der Waals surface area contributed by atoms with Crippen molar-refractivity contribution in [3.05, 3.63) is 54.4 Å². The number of sulfonamides is 1. The van der Waals surface area contributed by atoms with Crippen molar-refractivity contribution >= 4 is 25.5 Å². The molecule has 0 unspecified atom stereocenters. The third-order valence-corrected chi connectivity index (χ3v) is 5.55. The molecule has 1 aromatic heterocycles. The number of alkyl halides is 3. The van der Waals surface area contributed by atoms with Crippen LogP contribution in [-0.2, 0) is 26.0 Å². The zero-order chi connectivity index (χ0) is 22.3. The van der Waals surface area contributed by atoms with Gasteiger partial charge in [0.25, 0.3) is 5.82 Å². The Morgan fingerprint density at radius 2 is 1.47 bits per heavy atom. The van der Waals surface area contributed by atoms with Gasteiger partial charge in [0.05, 0.1) is 16.8 Å². The molecule has 0 fully saturated rings. The van der Waals surface area contributed by atoms with Crippen molar-refractivity contribution in [2.24, 2.45) is 0 Å². The predicted octanol–water partition coefficient (Wildman–Crippen LogP) is 2.73. The molecule has 0 radical (unpaired) electrons. The Balaban J connectivity index is 2.09. The molecule has 0 aliphatic carbocycles. The third-order valence-electron chi connectivity index (χ3n) is 3.82. The number of anilines is 1. The lowest BCUT2D eigenvalue weighted by molar-refractivity contribution is -0.144. The first-order chi connectivity index (χ1) is 13.7. The zero-order valence-electron chi connectivity index (χ0n) is 15.5. The normalized spacial score (nSPS) is 12.7. The van der Waals surface area contributed by atoms with Crippen LogP contribution in [0.5, 0.6) is 0 Å². The highest BCUT2D eigenvalue weighted by molar-refractivity contribution is 7.92. The van der Waals surface area contributed by atoms with Crippen LogP contribution in [0.25, 0.3) is 17.1 Å². The van der Waals surface area contributed by atoms with Gasteiger partial charge in [-0.3, -0.25) is 4.72 Å². The van der Waals surface area contributed by atoms with E-state index in [0.29, 0.717) is 0 Å². The van der Waals surface area contributed by atoms with E-state index in [0.717, 1.165) is 17.2 Å². The second kappa shape index (κ2) is 7.40. The van der Waals surface area contributed by atoms with Crippen LogP contribution in [0.2, 0.25) is 0 Å². The number of hydrogen-bond acceptors (Lipinski definition) is 6. The van der Waals surface area contributed by atoms with E-state index in [4.69, 9.17) is 0 Å². The molecule has 0 aliphatic heterocycles. The molecule has 1 N–H and O–H groups in total. The van der Waals surface area contributed by atoms with Gasteiger partial charge in [0.15, 0.2) is 15.7 Å². The number of rotatable bonds is 5. The molecule has 0 spiro atoms. The van der Waals surface area contributed by atoms with Gasteiger partial charge in [0.1, 0.15) is 0 Å². The second-order valence-corrected chi connectivity index (χ2v) is 10.2. The quantitative estimate of drug-likeness (QED) is 0.627. The van der Waals surface area contributed by atoms with Crippen LogP contribution in [0, 0.1) is 0 Å². The van der Waals surface area contributed by atoms with Gasteiger partial charge >= 0.3 is 6.18 Å². The fourth-order valence-electron chi connectivity index (χ4n) is 2.54. The molecule has 30 heavy (non-hydrogen) atoms. The van der Waals surface area contributed by atoms with Crippen molar-refractivity contribution in [3.63, 3.8) is 0 Å². The van der Waals surface area contributed by atoms with Crippen molar-refractivity contribution in [1.82, 2.24) is 14.8 Å². The highest BCUT2D eigenvalue weighted by Gasteiger charge is 2.37. The fourth-order valence-corrected chi connectivity index (χ4v) is 3.73. The second-order valence-electron chi connectivity index (χ2n) is 6.39. The van der Waals surface area contributed by atoms with E-state index in [1.54, 1.807) is 0 Å². The standard InChI is InChI=1S/C17H15F3N4O4S2/c1-29(25,26)14-9-3-11(4-10-14)15-21-16(17(18,19)20)22-24(15)13-7-5-12(6-8-13)23-30(2,27)28/h3-10,23H,1-2H3. The van der Waals surface area contributed by atoms with Crippen molar-refractivity contribution in [3.8, 4) is 17.1 Å². The summed E-state index contributed by atoms with van der Waals surface area (Å²) >= 11 is 0. The molecule has 3 aromatic rings. The van der Waals surface area contributed by atoms with E-state index >= 15 is 0 Å². The van der Waals surface area contributed by atoms with E-state index in [-0.39, 0.29) is 27.7 Å². The van der Waals surface area contributed by atoms with E-state index in [9.17, 15) is 30.0 Å². The lowest BCUT2D eigenvalue weighted by atomic mass is 10.2. The molecular formula is C17H15F3N4O4S2. The van der Waals surface area contributed by atoms with Gasteiger partial charge in [0.2, 0.25) is 10.0 Å². The minimum absolute atomic E-state index is 0.00422. The van der Waals surface area contributed by atoms with Crippen LogP contribution in [0.1, 0.15) is 5.82 Å². The van der Waals surface area contributed by atoms with Crippen LogP contribution in [0.4, 0.5) is 18.9 Å². The Morgan fingerprint density at radius 3 is 1.93 bits per heavy atom. The Bertz CT molecular complexity index is 1280. The van der Waals surface area contributed by atoms with Crippen molar-refractivity contribution in [2.75, 3.05) is 17.2 Å². The van der Waals surface area contributed by atoms with Crippen LogP contribution < -0.4 is 4.72 Å². The monoisotopic (exact) mass is 460 g/mol. The molecule has 8 nitrogen and oxygen atoms in total. The van der Waals surface area contributed by atoms with Gasteiger partial charge in [-0.05, 0) is 48.5 Å². The zero-order valence-corrected chi connectivity index (χ0v) is 17.2. The molecule has 0 amide bonds. The van der Waals surface area contributed by atoms with Gasteiger partial charge < -0.3 is 0 Å². The van der Waals surface area contributed by atoms with Gasteiger partial charge in [-0.2, -0.15) is 13.2 Å². The highest BCUT2D eigenvalue weighted by Crippen LogP contribution is 2.31. The van der Waals surface area contributed by atoms with Gasteiger partial charge in [-0.25, -0.2) is 26.5 Å². The van der Waals surface area contributed by atoms with Crippen molar-refractivity contribution in [1.29, 1.82) is 0 Å². The third kappa shape index (κ3) is 4.97. The molecule has 0 aliphatic rings. The highest BCUT2D eigenvalue weighted by atomic mass is 32.2. The van der Waals surface area contributed by atoms with E-state index in [2.05, 4.69) is 14.8 Å². The number of sulfone groups is 1. The van der Waals surface area contributed by atoms with Crippen LogP contribution >= 0.6 is 0 Å². The summed E-state index contributed by atoms with van der Waals surface area (Å²) in [6.45, 7) is 0. The first kappa shape index (κ1) is 21.8. The predicted molar refractivity (Wildman–Crippen MR) is 103 cm³/mol. The van der Waals surface area contributed by atoms with Crippen LogP contribution in [0.3, 0.4) is 0 Å². The Kier molecular flexibility index (Phi) is 5.37. The minimum atomic E-state index is -4.80. The maximum absolute atomic E-state index is 13.2. The summed E-state index contributed by atoms with van der Waals surface area (Å²) < 4.78 is 88.6. The number of nitrogens with zero attached hydrogens (tertiary/aromatic N) is 3. The molecule has 160 valence electrons. The summed E-state index contributed by atoms with van der Waals surface area (Å²) in [6.07, 6.45) is -2.82. The van der Waals surface area contributed by atoms with E-state index < -0.39 is 31.9 Å². The average Bonchev–Trinajstić information content (AvgIpc) is 3.06. The van der Waals surface area contributed by atoms with Crippen LogP contribution in [0.15, 0.2) is 53.4 Å². The molecule has 1 heterocycles. The minimum Gasteiger partial charge on any atom is -0.284 e. The van der Waals surface area contributed by atoms with Crippen LogP contribution in [-0.4, -0.2) is 44.1 Å². The Morgan fingerprint density at radius 1 is 0.900 bits per heavy atom. The maximum atomic E-state index is 13.2. The molecule has 0 saturated carbocycles. The summed E-state index contributed by atoms with van der Waals surface area (Å²) in [5.74, 6) is -1.53. The lowest BCUT2D eigenvalue weighted by Gasteiger charge is -2.08. The summed E-state index contributed by atoms with van der Waals surface area (Å²) in [7, 11) is -7.00. The van der Waals surface area contributed by atoms with Gasteiger partial charge in [0, 0.05) is 17.5 Å². The fraction of sp³-hybridized carbons (Fsp3) is 0.176. The largest absolute Gasteiger partial charge is 0.453 e. The average molecular weight is 460 g/mol. The Hall–Kier alpha value is -2.93. The first-order valence-corrected chi connectivity index (χ1v) is 12.0. The van der Waals surface area contributed by atoms with Gasteiger partial charge in [-0.15, -0.1) is 5.10 Å². The molecule has 0 saturated heterocycles. The summed E-state index contributed by atoms with van der Waals surface area (Å²) in [6, 6.07) is 10.6. The smallest absolute Gasteiger partial charge is 0.284 e. The number of nitrogens with one attached hydrogen (secondary N) is 1. The molecular weight excluding hydrogens is 445 g/mol. The summed E-state index contributed by atoms with van der Waals surface area (Å²) in [5, 5.41) is 3.53. The Labute approximate surface area is 170 Å². The van der Waals surface area contributed by atoms with E-state index in [1.807, 2.05) is 0 Å². The summed E-state index contributed by atoms with van der Waals surface area (Å²) in [4.78, 5) is 3.57. The number of benzene rings is 2. The number of aromatic nitrogens is 3. The van der Waals surface area contributed by atoms with E-state index in [1.165, 1.54) is 48.5 Å². The molecule has 3 rings (SSSR count). The number of hydrogen-bond donors (Lipinski definition) is 1. The van der Waals surface area contributed by atoms with Crippen molar-refractivity contribution < 1.29 is 30.0 Å². The van der Waals surface area contributed by atoms with Gasteiger partial charge in [-0.1, -0.05) is 0 Å². The summed E-state index contributed by atoms with van der Waals surface area (Å²) in [5.41, 5.74) is 0.624. The first-order valence-electron chi connectivity index (χ1n) is 8.17. The molecule has 2 aromatic carbocycles. The van der Waals surface area contributed by atoms with Crippen molar-refractivity contribution in [2.45, 2.75) is 11.1 Å². The number of halogens is 3. The SMILES string of the molecule is CS(=O)(=O)Nc1ccc(-n2nc(C(F)(F)F)nc2-c2ccc(S(C)(=O)=O)cc2)cc1.